The SMILES string of the molecule is COc1ccc([N+](=O)[O-])c(-n2cc(I)cn2)c1. The molecule has 0 atom stereocenters. The van der Waals surface area contributed by atoms with Gasteiger partial charge in [0.15, 0.2) is 0 Å². The molecule has 0 saturated heterocycles. The summed E-state index contributed by atoms with van der Waals surface area (Å²) >= 11 is 2.09. The normalized spacial score (nSPS) is 10.2. The van der Waals surface area contributed by atoms with E-state index in [9.17, 15) is 10.1 Å². The van der Waals surface area contributed by atoms with Gasteiger partial charge in [-0.1, -0.05) is 0 Å². The van der Waals surface area contributed by atoms with Crippen molar-refractivity contribution in [3.05, 3.63) is 44.3 Å². The minimum absolute atomic E-state index is 0.00898. The average molecular weight is 345 g/mol. The first-order valence-corrected chi connectivity index (χ1v) is 5.72. The van der Waals surface area contributed by atoms with E-state index in [-0.39, 0.29) is 5.69 Å². The molecule has 1 aromatic carbocycles. The number of ether oxygens (including phenoxy) is 1. The van der Waals surface area contributed by atoms with Crippen LogP contribution in [-0.2, 0) is 0 Å². The van der Waals surface area contributed by atoms with Crippen molar-refractivity contribution in [3.8, 4) is 11.4 Å². The van der Waals surface area contributed by atoms with Gasteiger partial charge in [-0.25, -0.2) is 4.68 Å². The summed E-state index contributed by atoms with van der Waals surface area (Å²) in [6.45, 7) is 0. The minimum Gasteiger partial charge on any atom is -0.497 e. The zero-order valence-corrected chi connectivity index (χ0v) is 11.0. The van der Waals surface area contributed by atoms with Gasteiger partial charge in [0.05, 0.1) is 21.8 Å². The number of methoxy groups -OCH3 is 1. The van der Waals surface area contributed by atoms with Crippen LogP contribution in [0.15, 0.2) is 30.6 Å². The number of benzene rings is 1. The molecular weight excluding hydrogens is 337 g/mol. The van der Waals surface area contributed by atoms with E-state index in [1.54, 1.807) is 24.5 Å². The van der Waals surface area contributed by atoms with Crippen molar-refractivity contribution >= 4 is 28.3 Å². The van der Waals surface area contributed by atoms with Crippen LogP contribution in [0.2, 0.25) is 0 Å². The summed E-state index contributed by atoms with van der Waals surface area (Å²) in [6.07, 6.45) is 3.34. The Hall–Kier alpha value is -1.64. The molecule has 0 N–H and O–H groups in total. The monoisotopic (exact) mass is 345 g/mol. The van der Waals surface area contributed by atoms with Crippen molar-refractivity contribution in [2.45, 2.75) is 0 Å². The molecule has 0 fully saturated rings. The topological polar surface area (TPSA) is 70.2 Å². The maximum absolute atomic E-state index is 10.9. The van der Waals surface area contributed by atoms with Gasteiger partial charge >= 0.3 is 0 Å². The Kier molecular flexibility index (Phi) is 3.27. The second kappa shape index (κ2) is 4.70. The Morgan fingerprint density at radius 3 is 2.82 bits per heavy atom. The van der Waals surface area contributed by atoms with Crippen LogP contribution in [0.3, 0.4) is 0 Å². The van der Waals surface area contributed by atoms with Crippen molar-refractivity contribution in [1.82, 2.24) is 9.78 Å². The van der Waals surface area contributed by atoms with E-state index in [1.807, 2.05) is 0 Å². The molecule has 0 radical (unpaired) electrons. The van der Waals surface area contributed by atoms with Crippen molar-refractivity contribution < 1.29 is 9.66 Å². The molecule has 88 valence electrons. The summed E-state index contributed by atoms with van der Waals surface area (Å²) < 4.78 is 7.42. The van der Waals surface area contributed by atoms with E-state index < -0.39 is 4.92 Å². The van der Waals surface area contributed by atoms with E-state index in [4.69, 9.17) is 4.74 Å². The smallest absolute Gasteiger partial charge is 0.295 e. The van der Waals surface area contributed by atoms with Crippen LogP contribution in [0, 0.1) is 13.7 Å². The predicted molar refractivity (Wildman–Crippen MR) is 69.5 cm³/mol. The third-order valence-electron chi connectivity index (χ3n) is 2.18. The third-order valence-corrected chi connectivity index (χ3v) is 2.73. The van der Waals surface area contributed by atoms with Gasteiger partial charge in [0, 0.05) is 18.3 Å². The lowest BCUT2D eigenvalue weighted by Gasteiger charge is -2.05. The predicted octanol–water partition coefficient (Wildman–Crippen LogP) is 2.39. The van der Waals surface area contributed by atoms with Gasteiger partial charge in [0.25, 0.3) is 5.69 Å². The number of hydrogen-bond acceptors (Lipinski definition) is 4. The van der Waals surface area contributed by atoms with Gasteiger partial charge in [0.1, 0.15) is 11.4 Å². The second-order valence-electron chi connectivity index (χ2n) is 3.21. The Morgan fingerprint density at radius 2 is 2.29 bits per heavy atom. The van der Waals surface area contributed by atoms with E-state index in [0.29, 0.717) is 11.4 Å². The quantitative estimate of drug-likeness (QED) is 0.487. The second-order valence-corrected chi connectivity index (χ2v) is 4.46. The minimum atomic E-state index is -0.441. The van der Waals surface area contributed by atoms with Crippen molar-refractivity contribution in [3.63, 3.8) is 0 Å². The average Bonchev–Trinajstić information content (AvgIpc) is 2.75. The Balaban J connectivity index is 2.60. The first-order valence-electron chi connectivity index (χ1n) is 4.65. The fraction of sp³-hybridized carbons (Fsp3) is 0.100. The summed E-state index contributed by atoms with van der Waals surface area (Å²) in [4.78, 5) is 10.5. The lowest BCUT2D eigenvalue weighted by atomic mass is 10.2. The summed E-state index contributed by atoms with van der Waals surface area (Å²) in [5.74, 6) is 0.552. The molecule has 1 aromatic heterocycles. The number of halogens is 1. The van der Waals surface area contributed by atoms with Crippen LogP contribution < -0.4 is 4.74 Å². The summed E-state index contributed by atoms with van der Waals surface area (Å²) in [7, 11) is 1.51. The fourth-order valence-corrected chi connectivity index (χ4v) is 1.79. The maximum atomic E-state index is 10.9. The van der Waals surface area contributed by atoms with Crippen molar-refractivity contribution in [1.29, 1.82) is 0 Å². The summed E-state index contributed by atoms with van der Waals surface area (Å²) in [6, 6.07) is 4.54. The van der Waals surface area contributed by atoms with Crippen LogP contribution in [0.4, 0.5) is 5.69 Å². The molecule has 2 aromatic rings. The first kappa shape index (κ1) is 11.8. The van der Waals surface area contributed by atoms with Gasteiger partial charge < -0.3 is 4.74 Å². The van der Waals surface area contributed by atoms with Gasteiger partial charge in [-0.15, -0.1) is 0 Å². The lowest BCUT2D eigenvalue weighted by molar-refractivity contribution is -0.384. The Labute approximate surface area is 110 Å². The molecule has 2 rings (SSSR count). The van der Waals surface area contributed by atoms with Crippen LogP contribution >= 0.6 is 22.6 Å². The number of aromatic nitrogens is 2. The van der Waals surface area contributed by atoms with Crippen molar-refractivity contribution in [2.24, 2.45) is 0 Å². The molecule has 0 aliphatic carbocycles. The van der Waals surface area contributed by atoms with Gasteiger partial charge in [-0.2, -0.15) is 5.10 Å². The number of nitrogens with zero attached hydrogens (tertiary/aromatic N) is 3. The van der Waals surface area contributed by atoms with E-state index in [1.165, 1.54) is 17.9 Å². The molecule has 0 bridgehead atoms. The molecule has 0 spiro atoms. The summed E-state index contributed by atoms with van der Waals surface area (Å²) in [5.41, 5.74) is 0.377. The number of nitro groups is 1. The van der Waals surface area contributed by atoms with E-state index in [2.05, 4.69) is 27.7 Å². The zero-order chi connectivity index (χ0) is 12.4. The Bertz CT molecular complexity index is 568. The molecule has 7 heteroatoms. The molecule has 0 saturated carbocycles. The van der Waals surface area contributed by atoms with E-state index >= 15 is 0 Å². The largest absolute Gasteiger partial charge is 0.497 e. The summed E-state index contributed by atoms with van der Waals surface area (Å²) in [5, 5.41) is 15.0. The van der Waals surface area contributed by atoms with Crippen LogP contribution in [0.5, 0.6) is 5.75 Å². The number of nitro benzene ring substituents is 1. The highest BCUT2D eigenvalue weighted by Crippen LogP contribution is 2.27. The molecule has 0 amide bonds. The molecule has 1 heterocycles. The van der Waals surface area contributed by atoms with Crippen molar-refractivity contribution in [2.75, 3.05) is 7.11 Å². The van der Waals surface area contributed by atoms with E-state index in [0.717, 1.165) is 3.57 Å². The molecule has 0 aliphatic heterocycles. The van der Waals surface area contributed by atoms with Crippen LogP contribution in [0.25, 0.3) is 5.69 Å². The highest BCUT2D eigenvalue weighted by atomic mass is 127. The first-order chi connectivity index (χ1) is 8.11. The highest BCUT2D eigenvalue weighted by molar-refractivity contribution is 14.1. The van der Waals surface area contributed by atoms with Gasteiger partial charge in [-0.05, 0) is 28.7 Å². The molecular formula is C10H8IN3O3. The lowest BCUT2D eigenvalue weighted by Crippen LogP contribution is -2.01. The standard InChI is InChI=1S/C10H8IN3O3/c1-17-8-2-3-9(14(15)16)10(4-8)13-6-7(11)5-12-13/h2-6H,1H3. The van der Waals surface area contributed by atoms with Crippen LogP contribution in [0.1, 0.15) is 0 Å². The molecule has 17 heavy (non-hydrogen) atoms. The van der Waals surface area contributed by atoms with Crippen LogP contribution in [-0.4, -0.2) is 21.8 Å². The number of rotatable bonds is 3. The fourth-order valence-electron chi connectivity index (χ4n) is 1.40. The third kappa shape index (κ3) is 2.38. The highest BCUT2D eigenvalue weighted by Gasteiger charge is 2.16. The van der Waals surface area contributed by atoms with Gasteiger partial charge in [0.2, 0.25) is 0 Å². The Morgan fingerprint density at radius 1 is 1.53 bits per heavy atom. The molecule has 6 nitrogen and oxygen atoms in total. The van der Waals surface area contributed by atoms with Gasteiger partial charge in [-0.3, -0.25) is 10.1 Å². The number of hydrogen-bond donors (Lipinski definition) is 0. The zero-order valence-electron chi connectivity index (χ0n) is 8.83. The molecule has 0 aliphatic rings. The molecule has 0 unspecified atom stereocenters. The maximum Gasteiger partial charge on any atom is 0.295 e.